The maximum Gasteiger partial charge on any atom is 0.323 e. The number of benzene rings is 6. The lowest BCUT2D eigenvalue weighted by Crippen LogP contribution is -2.21. The number of hydrogen-bond acceptors (Lipinski definition) is 25. The molecular weight excluding hydrogens is 1240 g/mol. The van der Waals surface area contributed by atoms with Gasteiger partial charge in [0.05, 0.1) is 81.9 Å². The van der Waals surface area contributed by atoms with Gasteiger partial charge in [-0.2, -0.15) is 54.1 Å². The van der Waals surface area contributed by atoms with Crippen molar-refractivity contribution in [3.8, 4) is 23.0 Å². The monoisotopic (exact) mass is 1300 g/mol. The first-order valence-corrected chi connectivity index (χ1v) is 31.6. The van der Waals surface area contributed by atoms with Gasteiger partial charge in [-0.3, -0.25) is 38.4 Å². The SMILES string of the molecule is CCOc1cc(N=Nc2ccc([N+](=O)[O-])cc2S(=O)(=O)O)c(C)cc1N=Nc1cc(OCCCS(=O)(=O)O)c(NC(=O)Nc2cc(C)c(N=Nc3cc(C)c(N=Nc4ccc([N+](=O)[O-])cc4S(=O)(=O)O)cc3OCC)cc2OCCCS(=O)(=O)O)cc1C. The third-order valence-corrected chi connectivity index (χ3v) is 15.2. The number of ether oxygens (including phenoxy) is 4. The molecule has 0 saturated heterocycles. The van der Waals surface area contributed by atoms with Crippen LogP contribution in [0, 0.1) is 47.9 Å². The van der Waals surface area contributed by atoms with E-state index in [1.54, 1.807) is 41.5 Å². The fraction of sp³-hybridized carbons (Fsp3) is 0.275. The van der Waals surface area contributed by atoms with Crippen molar-refractivity contribution in [3.05, 3.63) is 127 Å². The second-order valence-electron chi connectivity index (χ2n) is 18.5. The van der Waals surface area contributed by atoms with Crippen molar-refractivity contribution in [1.82, 2.24) is 0 Å². The maximum absolute atomic E-state index is 14.0. The number of non-ortho nitro benzene ring substituents is 2. The van der Waals surface area contributed by atoms with E-state index in [4.69, 9.17) is 18.9 Å². The van der Waals surface area contributed by atoms with Crippen LogP contribution in [-0.4, -0.2) is 106 Å². The Morgan fingerprint density at radius 1 is 0.443 bits per heavy atom. The number of nitrogens with one attached hydrogen (secondary N) is 2. The van der Waals surface area contributed by atoms with E-state index in [1.165, 1.54) is 48.5 Å². The molecule has 6 aromatic rings. The summed E-state index contributed by atoms with van der Waals surface area (Å²) in [6.07, 6.45) is -0.395. The van der Waals surface area contributed by atoms with Crippen LogP contribution in [0.25, 0.3) is 0 Å². The van der Waals surface area contributed by atoms with Crippen LogP contribution >= 0.6 is 0 Å². The molecule has 2 amide bonds. The number of azo groups is 4. The lowest BCUT2D eigenvalue weighted by Gasteiger charge is -2.17. The number of nitro benzene ring substituents is 2. The molecule has 88 heavy (non-hydrogen) atoms. The van der Waals surface area contributed by atoms with Gasteiger partial charge in [-0.25, -0.2) is 4.79 Å². The Balaban J connectivity index is 1.30. The third kappa shape index (κ3) is 19.3. The number of rotatable bonds is 28. The number of nitro groups is 2. The molecule has 468 valence electrons. The molecule has 0 aromatic heterocycles. The molecule has 0 heterocycles. The first kappa shape index (κ1) is 67.8. The van der Waals surface area contributed by atoms with E-state index in [9.17, 15) is 76.9 Å². The molecule has 0 saturated carbocycles. The van der Waals surface area contributed by atoms with Gasteiger partial charge in [-0.15, -0.1) is 20.5 Å². The molecule has 6 N–H and O–H groups in total. The molecular formula is C51H54N12O21S4. The first-order valence-electron chi connectivity index (χ1n) is 25.5. The molecule has 0 aliphatic rings. The van der Waals surface area contributed by atoms with Gasteiger partial charge in [-0.05, 0) is 113 Å². The minimum Gasteiger partial charge on any atom is -0.491 e. The predicted octanol–water partition coefficient (Wildman–Crippen LogP) is 12.6. The summed E-state index contributed by atoms with van der Waals surface area (Å²) in [7, 11) is -18.7. The highest BCUT2D eigenvalue weighted by Gasteiger charge is 2.24. The smallest absolute Gasteiger partial charge is 0.323 e. The zero-order chi connectivity index (χ0) is 64.9. The van der Waals surface area contributed by atoms with E-state index < -0.39 is 100 Å². The Morgan fingerprint density at radius 3 is 1.06 bits per heavy atom. The van der Waals surface area contributed by atoms with Crippen molar-refractivity contribution in [2.75, 3.05) is 48.6 Å². The van der Waals surface area contributed by atoms with E-state index >= 15 is 0 Å². The molecule has 0 atom stereocenters. The summed E-state index contributed by atoms with van der Waals surface area (Å²) in [5.74, 6) is -1.22. The number of carbonyl (C=O) groups is 1. The molecule has 0 spiro atoms. The fourth-order valence-electron chi connectivity index (χ4n) is 7.61. The number of nitrogens with zero attached hydrogens (tertiary/aromatic N) is 10. The topological polar surface area (TPSA) is 481 Å². The molecule has 0 radical (unpaired) electrons. The zero-order valence-electron chi connectivity index (χ0n) is 47.1. The van der Waals surface area contributed by atoms with E-state index in [1.807, 2.05) is 0 Å². The highest BCUT2D eigenvalue weighted by Crippen LogP contribution is 2.42. The molecule has 0 bridgehead atoms. The van der Waals surface area contributed by atoms with Crippen molar-refractivity contribution in [2.45, 2.75) is 64.2 Å². The second-order valence-corrected chi connectivity index (χ2v) is 24.4. The minimum atomic E-state index is -4.97. The third-order valence-electron chi connectivity index (χ3n) is 11.8. The van der Waals surface area contributed by atoms with Crippen molar-refractivity contribution in [2.24, 2.45) is 40.9 Å². The Bertz CT molecular complexity index is 4030. The quantitative estimate of drug-likeness (QED) is 0.00873. The van der Waals surface area contributed by atoms with E-state index in [2.05, 4.69) is 51.5 Å². The maximum atomic E-state index is 14.0. The number of amides is 2. The number of aryl methyl sites for hydroxylation is 4. The molecule has 0 fully saturated rings. The van der Waals surface area contributed by atoms with Gasteiger partial charge in [0, 0.05) is 48.5 Å². The van der Waals surface area contributed by atoms with Crippen LogP contribution < -0.4 is 29.6 Å². The highest BCUT2D eigenvalue weighted by atomic mass is 32.2. The summed E-state index contributed by atoms with van der Waals surface area (Å²) in [6.45, 7) is 9.41. The van der Waals surface area contributed by atoms with E-state index in [-0.39, 0.29) is 108 Å². The summed E-state index contributed by atoms with van der Waals surface area (Å²) in [5, 5.41) is 61.4. The van der Waals surface area contributed by atoms with Crippen LogP contribution in [0.5, 0.6) is 23.0 Å². The Kier molecular flexibility index (Phi) is 22.2. The Hall–Kier alpha value is -9.37. The van der Waals surface area contributed by atoms with E-state index in [0.717, 1.165) is 24.3 Å². The summed E-state index contributed by atoms with van der Waals surface area (Å²) in [5.41, 5.74) is 0.542. The van der Waals surface area contributed by atoms with Gasteiger partial charge >= 0.3 is 6.03 Å². The second kappa shape index (κ2) is 28.9. The summed E-state index contributed by atoms with van der Waals surface area (Å²) in [6, 6.07) is 15.8. The molecule has 37 heteroatoms. The van der Waals surface area contributed by atoms with Crippen LogP contribution in [0.2, 0.25) is 0 Å². The summed E-state index contributed by atoms with van der Waals surface area (Å²) >= 11 is 0. The lowest BCUT2D eigenvalue weighted by molar-refractivity contribution is -0.385. The number of urea groups is 1. The van der Waals surface area contributed by atoms with Gasteiger partial charge in [0.1, 0.15) is 55.5 Å². The van der Waals surface area contributed by atoms with Crippen molar-refractivity contribution in [1.29, 1.82) is 0 Å². The number of carbonyl (C=O) groups excluding carboxylic acids is 1. The lowest BCUT2D eigenvalue weighted by atomic mass is 10.1. The minimum absolute atomic E-state index is 0.0198. The fourth-order valence-corrected chi connectivity index (χ4v) is 9.86. The molecule has 6 rings (SSSR count). The van der Waals surface area contributed by atoms with Crippen molar-refractivity contribution < 1.29 is 85.5 Å². The first-order chi connectivity index (χ1) is 41.2. The van der Waals surface area contributed by atoms with Crippen LogP contribution in [0.3, 0.4) is 0 Å². The van der Waals surface area contributed by atoms with Gasteiger partial charge in [0.15, 0.2) is 0 Å². The van der Waals surface area contributed by atoms with Crippen LogP contribution in [0.15, 0.2) is 136 Å². The van der Waals surface area contributed by atoms with Crippen molar-refractivity contribution in [3.63, 3.8) is 0 Å². The van der Waals surface area contributed by atoms with Crippen LogP contribution in [0.4, 0.5) is 73.0 Å². The zero-order valence-corrected chi connectivity index (χ0v) is 50.3. The highest BCUT2D eigenvalue weighted by molar-refractivity contribution is 7.86. The molecule has 0 unspecified atom stereocenters. The van der Waals surface area contributed by atoms with Gasteiger partial charge in [0.25, 0.3) is 51.8 Å². The molecule has 6 aromatic carbocycles. The number of anilines is 2. The molecule has 0 aliphatic carbocycles. The molecule has 0 aliphatic heterocycles. The number of hydrogen-bond donors (Lipinski definition) is 6. The van der Waals surface area contributed by atoms with Crippen LogP contribution in [0.1, 0.15) is 48.9 Å². The average Bonchev–Trinajstić information content (AvgIpc) is 2.74. The van der Waals surface area contributed by atoms with Crippen molar-refractivity contribution >= 4 is 115 Å². The Labute approximate surface area is 502 Å². The summed E-state index contributed by atoms with van der Waals surface area (Å²) < 4.78 is 156. The largest absolute Gasteiger partial charge is 0.491 e. The Morgan fingerprint density at radius 2 is 0.750 bits per heavy atom. The van der Waals surface area contributed by atoms with Crippen LogP contribution in [-0.2, 0) is 40.5 Å². The van der Waals surface area contributed by atoms with Gasteiger partial charge < -0.3 is 29.6 Å². The van der Waals surface area contributed by atoms with Gasteiger partial charge in [-0.1, -0.05) is 0 Å². The van der Waals surface area contributed by atoms with Gasteiger partial charge in [0.2, 0.25) is 0 Å². The standard InChI is InChI=1S/C51H54N12O21S4/c1-7-81-47-27-39(56-54-35-13-11-33(62(65)66)23-49(35)87(75,76)77)31(5)21-43(47)60-58-37-25-45(83-15-9-17-85(69,70)71)41(19-29(37)3)52-51(64)53-42-20-30(4)38(26-46(42)84-16-10-18-86(72,73)74)59-61-44-22-32(6)40(28-48(44)82-8-2)57-55-36-14-12-34(63(67)68)24-50(36)88(78,79)80/h11-14,19-28H,7-10,15-18H2,1-6H3,(H2,52,53,64)(H,69,70,71)(H,72,73,74)(H,75,76,77)(H,78,79,80). The summed E-state index contributed by atoms with van der Waals surface area (Å²) in [4.78, 5) is 33.1. The molecule has 33 nitrogen and oxygen atoms in total. The average molecular weight is 1300 g/mol. The van der Waals surface area contributed by atoms with E-state index in [0.29, 0.717) is 34.4 Å². The predicted molar refractivity (Wildman–Crippen MR) is 315 cm³/mol. The normalized spacial score (nSPS) is 12.3.